The Morgan fingerprint density at radius 3 is 2.53 bits per heavy atom. The third-order valence-corrected chi connectivity index (χ3v) is 5.51. The maximum absolute atomic E-state index is 12.5. The van der Waals surface area contributed by atoms with Crippen molar-refractivity contribution >= 4 is 18.3 Å². The van der Waals surface area contributed by atoms with Gasteiger partial charge in [0, 0.05) is 32.5 Å². The lowest BCUT2D eigenvalue weighted by Gasteiger charge is -2.36. The van der Waals surface area contributed by atoms with Crippen molar-refractivity contribution in [2.45, 2.75) is 38.2 Å². The Bertz CT molecular complexity index is 686. The predicted molar refractivity (Wildman–Crippen MR) is 111 cm³/mol. The molecule has 0 aliphatic carbocycles. The van der Waals surface area contributed by atoms with Gasteiger partial charge in [0.2, 0.25) is 5.91 Å². The summed E-state index contributed by atoms with van der Waals surface area (Å²) in [5.74, 6) is 0.910. The number of para-hydroxylation sites is 1. The molecular weight excluding hydrogens is 388 g/mol. The zero-order chi connectivity index (χ0) is 22.0. The Morgan fingerprint density at radius 2 is 1.93 bits per heavy atom. The van der Waals surface area contributed by atoms with Crippen molar-refractivity contribution in [2.75, 3.05) is 40.3 Å². The Balaban J connectivity index is 0.00000101. The zero-order valence-corrected chi connectivity index (χ0v) is 17.8. The normalized spacial score (nSPS) is 19.8. The van der Waals surface area contributed by atoms with Gasteiger partial charge in [0.15, 0.2) is 0 Å². The van der Waals surface area contributed by atoms with E-state index in [1.807, 2.05) is 54.2 Å². The van der Waals surface area contributed by atoms with Crippen LogP contribution < -0.4 is 4.74 Å². The van der Waals surface area contributed by atoms with Crippen LogP contribution in [0.1, 0.15) is 32.1 Å². The highest BCUT2D eigenvalue weighted by Crippen LogP contribution is 2.43. The second kappa shape index (κ2) is 11.5. The van der Waals surface area contributed by atoms with Crippen LogP contribution in [0.4, 0.5) is 0 Å². The van der Waals surface area contributed by atoms with Gasteiger partial charge in [-0.05, 0) is 45.5 Å². The van der Waals surface area contributed by atoms with Crippen LogP contribution in [0.2, 0.25) is 0 Å². The SMILES string of the molecule is CN(C)CC1CC2(CCN(C(=O)CCCOc3ccccc3)CC2)C(=O)O1.O=CO. The fourth-order valence-electron chi connectivity index (χ4n) is 4.03. The lowest BCUT2D eigenvalue weighted by atomic mass is 9.76. The topological polar surface area (TPSA) is 96.4 Å². The van der Waals surface area contributed by atoms with E-state index >= 15 is 0 Å². The first-order chi connectivity index (χ1) is 14.4. The number of piperidine rings is 1. The van der Waals surface area contributed by atoms with E-state index in [9.17, 15) is 9.59 Å². The van der Waals surface area contributed by atoms with Crippen molar-refractivity contribution < 1.29 is 29.0 Å². The Labute approximate surface area is 177 Å². The number of cyclic esters (lactones) is 1. The number of hydrogen-bond donors (Lipinski definition) is 1. The number of likely N-dealkylation sites (N-methyl/N-ethyl adjacent to an activating group) is 1. The van der Waals surface area contributed by atoms with Crippen LogP contribution in [-0.4, -0.2) is 79.7 Å². The van der Waals surface area contributed by atoms with Crippen molar-refractivity contribution in [3.8, 4) is 5.75 Å². The van der Waals surface area contributed by atoms with Crippen molar-refractivity contribution in [2.24, 2.45) is 5.41 Å². The largest absolute Gasteiger partial charge is 0.494 e. The van der Waals surface area contributed by atoms with E-state index in [1.165, 1.54) is 0 Å². The molecule has 2 saturated heterocycles. The minimum atomic E-state index is -0.381. The number of ether oxygens (including phenoxy) is 2. The zero-order valence-electron chi connectivity index (χ0n) is 17.8. The van der Waals surface area contributed by atoms with Gasteiger partial charge in [-0.2, -0.15) is 0 Å². The predicted octanol–water partition coefficient (Wildman–Crippen LogP) is 2.03. The molecule has 8 nitrogen and oxygen atoms in total. The lowest BCUT2D eigenvalue weighted by molar-refractivity contribution is -0.152. The van der Waals surface area contributed by atoms with Gasteiger partial charge in [-0.3, -0.25) is 14.4 Å². The molecule has 1 unspecified atom stereocenters. The Morgan fingerprint density at radius 1 is 1.30 bits per heavy atom. The van der Waals surface area contributed by atoms with E-state index in [4.69, 9.17) is 19.4 Å². The van der Waals surface area contributed by atoms with Gasteiger partial charge in [0.25, 0.3) is 6.47 Å². The molecule has 1 aromatic carbocycles. The molecule has 0 bridgehead atoms. The standard InChI is InChI=1S/C21H30N2O4.CH2O2/c1-22(2)16-18-15-21(20(25)27-18)10-12-23(13-11-21)19(24)9-6-14-26-17-7-4-3-5-8-17;2-1-3/h3-5,7-8,18H,6,9-16H2,1-2H3;1H,(H,2,3). The third kappa shape index (κ3) is 6.73. The highest BCUT2D eigenvalue weighted by Gasteiger charge is 2.50. The summed E-state index contributed by atoms with van der Waals surface area (Å²) < 4.78 is 11.2. The third-order valence-electron chi connectivity index (χ3n) is 5.51. The summed E-state index contributed by atoms with van der Waals surface area (Å²) in [6.07, 6.45) is 3.35. The minimum Gasteiger partial charge on any atom is -0.494 e. The molecule has 1 N–H and O–H groups in total. The second-order valence-corrected chi connectivity index (χ2v) is 8.03. The molecule has 1 aromatic rings. The summed E-state index contributed by atoms with van der Waals surface area (Å²) in [5.41, 5.74) is -0.381. The quantitative estimate of drug-likeness (QED) is 0.410. The van der Waals surface area contributed by atoms with Gasteiger partial charge in [0.1, 0.15) is 11.9 Å². The molecule has 2 fully saturated rings. The van der Waals surface area contributed by atoms with Gasteiger partial charge in [0.05, 0.1) is 12.0 Å². The maximum Gasteiger partial charge on any atom is 0.312 e. The summed E-state index contributed by atoms with van der Waals surface area (Å²) >= 11 is 0. The number of nitrogens with zero attached hydrogens (tertiary/aromatic N) is 2. The first kappa shape index (κ1) is 23.7. The van der Waals surface area contributed by atoms with Crippen LogP contribution in [0.5, 0.6) is 5.75 Å². The van der Waals surface area contributed by atoms with Gasteiger partial charge in [-0.15, -0.1) is 0 Å². The number of hydrogen-bond acceptors (Lipinski definition) is 6. The van der Waals surface area contributed by atoms with E-state index in [-0.39, 0.29) is 29.9 Å². The van der Waals surface area contributed by atoms with E-state index in [2.05, 4.69) is 0 Å². The van der Waals surface area contributed by atoms with Gasteiger partial charge < -0.3 is 24.4 Å². The number of carbonyl (C=O) groups excluding carboxylic acids is 2. The Hall–Kier alpha value is -2.61. The molecule has 0 saturated carbocycles. The molecule has 8 heteroatoms. The van der Waals surface area contributed by atoms with E-state index < -0.39 is 0 Å². The number of likely N-dealkylation sites (tertiary alicyclic amines) is 1. The number of carbonyl (C=O) groups is 3. The van der Waals surface area contributed by atoms with Crippen molar-refractivity contribution in [3.05, 3.63) is 30.3 Å². The molecule has 1 atom stereocenters. The highest BCUT2D eigenvalue weighted by molar-refractivity contribution is 5.80. The van der Waals surface area contributed by atoms with Gasteiger partial charge in [-0.1, -0.05) is 18.2 Å². The van der Waals surface area contributed by atoms with Crippen LogP contribution in [0.25, 0.3) is 0 Å². The van der Waals surface area contributed by atoms with E-state index in [0.717, 1.165) is 18.7 Å². The highest BCUT2D eigenvalue weighted by atomic mass is 16.6. The van der Waals surface area contributed by atoms with Crippen molar-refractivity contribution in [1.29, 1.82) is 0 Å². The first-order valence-corrected chi connectivity index (χ1v) is 10.3. The van der Waals surface area contributed by atoms with Crippen molar-refractivity contribution in [3.63, 3.8) is 0 Å². The van der Waals surface area contributed by atoms with Crippen molar-refractivity contribution in [1.82, 2.24) is 9.80 Å². The van der Waals surface area contributed by atoms with Crippen LogP contribution in [-0.2, 0) is 19.1 Å². The molecule has 3 rings (SSSR count). The van der Waals surface area contributed by atoms with Gasteiger partial charge in [-0.25, -0.2) is 0 Å². The first-order valence-electron chi connectivity index (χ1n) is 10.3. The molecule has 0 aromatic heterocycles. The fourth-order valence-corrected chi connectivity index (χ4v) is 4.03. The molecule has 0 radical (unpaired) electrons. The van der Waals surface area contributed by atoms with Gasteiger partial charge >= 0.3 is 5.97 Å². The molecule has 1 amide bonds. The molecule has 2 heterocycles. The molecule has 30 heavy (non-hydrogen) atoms. The number of esters is 1. The summed E-state index contributed by atoms with van der Waals surface area (Å²) in [6.45, 7) is 2.33. The van der Waals surface area contributed by atoms with Crippen LogP contribution in [0.15, 0.2) is 30.3 Å². The lowest BCUT2D eigenvalue weighted by Crippen LogP contribution is -2.45. The maximum atomic E-state index is 12.5. The molecule has 2 aliphatic rings. The smallest absolute Gasteiger partial charge is 0.312 e. The number of amides is 1. The Kier molecular flexibility index (Phi) is 9.11. The molecule has 166 valence electrons. The minimum absolute atomic E-state index is 0.0233. The monoisotopic (exact) mass is 420 g/mol. The average Bonchev–Trinajstić information content (AvgIpc) is 3.00. The second-order valence-electron chi connectivity index (χ2n) is 8.03. The average molecular weight is 421 g/mol. The van der Waals surface area contributed by atoms with Crippen LogP contribution in [0, 0.1) is 5.41 Å². The summed E-state index contributed by atoms with van der Waals surface area (Å²) in [7, 11) is 3.98. The number of rotatable bonds is 7. The number of benzene rings is 1. The molecule has 1 spiro atoms. The van der Waals surface area contributed by atoms with Crippen LogP contribution in [0.3, 0.4) is 0 Å². The summed E-state index contributed by atoms with van der Waals surface area (Å²) in [4.78, 5) is 37.2. The number of carboxylic acid groups (broad SMARTS) is 1. The summed E-state index contributed by atoms with van der Waals surface area (Å²) in [6, 6.07) is 9.64. The molecule has 2 aliphatic heterocycles. The van der Waals surface area contributed by atoms with E-state index in [1.54, 1.807) is 0 Å². The van der Waals surface area contributed by atoms with Crippen LogP contribution >= 0.6 is 0 Å². The molecular formula is C22H32N2O6. The van der Waals surface area contributed by atoms with E-state index in [0.29, 0.717) is 45.4 Å². The fraction of sp³-hybridized carbons (Fsp3) is 0.591. The summed E-state index contributed by atoms with van der Waals surface area (Å²) in [5, 5.41) is 6.89.